The van der Waals surface area contributed by atoms with Gasteiger partial charge in [0.05, 0.1) is 13.2 Å². The van der Waals surface area contributed by atoms with Crippen LogP contribution < -0.4 is 0 Å². The van der Waals surface area contributed by atoms with Gasteiger partial charge in [-0.2, -0.15) is 0 Å². The molecule has 5 heteroatoms. The summed E-state index contributed by atoms with van der Waals surface area (Å²) in [7, 11) is 2.80. The average molecular weight is 203 g/mol. The van der Waals surface area contributed by atoms with Gasteiger partial charge < -0.3 is 14.7 Å². The first-order valence-electron chi connectivity index (χ1n) is 4.46. The quantitative estimate of drug-likeness (QED) is 0.627. The van der Waals surface area contributed by atoms with E-state index in [9.17, 15) is 9.59 Å². The second-order valence-electron chi connectivity index (χ2n) is 3.21. The number of carbonyl (C=O) groups is 2. The van der Waals surface area contributed by atoms with Crippen LogP contribution in [0.15, 0.2) is 0 Å². The molecule has 0 heterocycles. The summed E-state index contributed by atoms with van der Waals surface area (Å²) in [6.45, 7) is 1.57. The predicted molar refractivity (Wildman–Crippen MR) is 50.6 cm³/mol. The van der Waals surface area contributed by atoms with E-state index in [0.29, 0.717) is 6.42 Å². The number of amides is 1. The standard InChI is InChI=1S/C9H17NO4/c1-7(11)4-5-8(12)10(2)6-9(13)14-3/h7,11H,4-6H2,1-3H3. The molecule has 1 atom stereocenters. The number of rotatable bonds is 5. The highest BCUT2D eigenvalue weighted by Gasteiger charge is 2.13. The maximum absolute atomic E-state index is 11.3. The van der Waals surface area contributed by atoms with E-state index in [-0.39, 0.29) is 18.9 Å². The van der Waals surface area contributed by atoms with Crippen LogP contribution in [0.1, 0.15) is 19.8 Å². The van der Waals surface area contributed by atoms with Crippen molar-refractivity contribution in [3.05, 3.63) is 0 Å². The maximum atomic E-state index is 11.3. The van der Waals surface area contributed by atoms with Gasteiger partial charge in [-0.15, -0.1) is 0 Å². The van der Waals surface area contributed by atoms with Gasteiger partial charge in [0.2, 0.25) is 5.91 Å². The Morgan fingerprint density at radius 1 is 1.50 bits per heavy atom. The third kappa shape index (κ3) is 5.53. The molecule has 0 aliphatic heterocycles. The van der Waals surface area contributed by atoms with Crippen LogP contribution in [0.25, 0.3) is 0 Å². The number of methoxy groups -OCH3 is 1. The van der Waals surface area contributed by atoms with E-state index in [4.69, 9.17) is 5.11 Å². The van der Waals surface area contributed by atoms with Gasteiger partial charge in [0.25, 0.3) is 0 Å². The number of aliphatic hydroxyl groups is 1. The summed E-state index contributed by atoms with van der Waals surface area (Å²) in [6, 6.07) is 0. The van der Waals surface area contributed by atoms with Crippen molar-refractivity contribution in [1.29, 1.82) is 0 Å². The minimum absolute atomic E-state index is 0.0465. The van der Waals surface area contributed by atoms with Crippen LogP contribution in [0.4, 0.5) is 0 Å². The minimum Gasteiger partial charge on any atom is -0.468 e. The van der Waals surface area contributed by atoms with Gasteiger partial charge in [-0.05, 0) is 13.3 Å². The number of nitrogens with zero attached hydrogens (tertiary/aromatic N) is 1. The van der Waals surface area contributed by atoms with Crippen LogP contribution >= 0.6 is 0 Å². The van der Waals surface area contributed by atoms with Crippen LogP contribution in [0.3, 0.4) is 0 Å². The van der Waals surface area contributed by atoms with E-state index in [1.807, 2.05) is 0 Å². The minimum atomic E-state index is -0.495. The number of carbonyl (C=O) groups excluding carboxylic acids is 2. The maximum Gasteiger partial charge on any atom is 0.325 e. The topological polar surface area (TPSA) is 66.8 Å². The highest BCUT2D eigenvalue weighted by atomic mass is 16.5. The lowest BCUT2D eigenvalue weighted by Crippen LogP contribution is -2.32. The fourth-order valence-corrected chi connectivity index (χ4v) is 0.870. The molecule has 0 radical (unpaired) electrons. The highest BCUT2D eigenvalue weighted by molar-refractivity contribution is 5.81. The zero-order valence-electron chi connectivity index (χ0n) is 8.82. The molecule has 1 amide bonds. The summed E-state index contributed by atoms with van der Waals surface area (Å²) >= 11 is 0. The van der Waals surface area contributed by atoms with Gasteiger partial charge in [0.15, 0.2) is 0 Å². The van der Waals surface area contributed by atoms with E-state index in [1.54, 1.807) is 6.92 Å². The van der Waals surface area contributed by atoms with Crippen molar-refractivity contribution >= 4 is 11.9 Å². The Bertz CT molecular complexity index is 203. The van der Waals surface area contributed by atoms with Crippen LogP contribution in [0.2, 0.25) is 0 Å². The molecular weight excluding hydrogens is 186 g/mol. The van der Waals surface area contributed by atoms with E-state index < -0.39 is 12.1 Å². The zero-order chi connectivity index (χ0) is 11.1. The average Bonchev–Trinajstić information content (AvgIpc) is 2.13. The largest absolute Gasteiger partial charge is 0.468 e. The molecule has 0 saturated heterocycles. The summed E-state index contributed by atoms with van der Waals surface area (Å²) < 4.78 is 4.41. The fourth-order valence-electron chi connectivity index (χ4n) is 0.870. The van der Waals surface area contributed by atoms with Crippen molar-refractivity contribution in [3.8, 4) is 0 Å². The molecule has 0 aromatic heterocycles. The SMILES string of the molecule is COC(=O)CN(C)C(=O)CCC(C)O. The molecule has 82 valence electrons. The van der Waals surface area contributed by atoms with Crippen molar-refractivity contribution in [3.63, 3.8) is 0 Å². The summed E-state index contributed by atoms with van der Waals surface area (Å²) in [6.07, 6.45) is 0.153. The molecule has 0 rings (SSSR count). The Labute approximate surface area is 83.6 Å². The number of hydrogen-bond donors (Lipinski definition) is 1. The van der Waals surface area contributed by atoms with E-state index in [2.05, 4.69) is 4.74 Å². The summed E-state index contributed by atoms with van der Waals surface area (Å²) in [5, 5.41) is 8.95. The smallest absolute Gasteiger partial charge is 0.325 e. The zero-order valence-corrected chi connectivity index (χ0v) is 8.82. The van der Waals surface area contributed by atoms with E-state index >= 15 is 0 Å². The van der Waals surface area contributed by atoms with Gasteiger partial charge in [-0.1, -0.05) is 0 Å². The normalized spacial score (nSPS) is 12.0. The van der Waals surface area contributed by atoms with Crippen LogP contribution in [0.5, 0.6) is 0 Å². The van der Waals surface area contributed by atoms with Gasteiger partial charge >= 0.3 is 5.97 Å². The van der Waals surface area contributed by atoms with Gasteiger partial charge in [-0.25, -0.2) is 0 Å². The fraction of sp³-hybridized carbons (Fsp3) is 0.778. The monoisotopic (exact) mass is 203 g/mol. The molecule has 0 aliphatic rings. The molecule has 14 heavy (non-hydrogen) atoms. The Morgan fingerprint density at radius 3 is 2.50 bits per heavy atom. The van der Waals surface area contributed by atoms with Crippen molar-refractivity contribution in [2.45, 2.75) is 25.9 Å². The third-order valence-electron chi connectivity index (χ3n) is 1.80. The van der Waals surface area contributed by atoms with Gasteiger partial charge in [0.1, 0.15) is 6.54 Å². The molecule has 1 N–H and O–H groups in total. The second-order valence-corrected chi connectivity index (χ2v) is 3.21. The molecule has 0 fully saturated rings. The van der Waals surface area contributed by atoms with Crippen molar-refractivity contribution in [2.24, 2.45) is 0 Å². The summed E-state index contributed by atoms with van der Waals surface area (Å²) in [4.78, 5) is 23.4. The molecule has 0 spiro atoms. The molecule has 1 unspecified atom stereocenters. The number of likely N-dealkylation sites (N-methyl/N-ethyl adjacent to an activating group) is 1. The lowest BCUT2D eigenvalue weighted by Gasteiger charge is -2.15. The number of ether oxygens (including phenoxy) is 1. The number of hydrogen-bond acceptors (Lipinski definition) is 4. The Balaban J connectivity index is 3.82. The predicted octanol–water partition coefficient (Wildman–Crippen LogP) is -0.221. The first-order chi connectivity index (χ1) is 6.47. The lowest BCUT2D eigenvalue weighted by atomic mass is 10.2. The first kappa shape index (κ1) is 12.9. The highest BCUT2D eigenvalue weighted by Crippen LogP contribution is 1.99. The molecule has 5 nitrogen and oxygen atoms in total. The van der Waals surface area contributed by atoms with Crippen molar-refractivity contribution < 1.29 is 19.4 Å². The molecule has 0 saturated carbocycles. The Morgan fingerprint density at radius 2 is 2.07 bits per heavy atom. The molecule has 0 aromatic rings. The van der Waals surface area contributed by atoms with Crippen LogP contribution in [-0.2, 0) is 14.3 Å². The Kier molecular flexibility index (Phi) is 5.87. The molecule has 0 aliphatic carbocycles. The second kappa shape index (κ2) is 6.37. The summed E-state index contributed by atoms with van der Waals surface area (Å²) in [5.41, 5.74) is 0. The first-order valence-corrected chi connectivity index (χ1v) is 4.46. The lowest BCUT2D eigenvalue weighted by molar-refractivity contribution is -0.146. The molecular formula is C9H17NO4. The van der Waals surface area contributed by atoms with E-state index in [1.165, 1.54) is 19.1 Å². The molecule has 0 aromatic carbocycles. The van der Waals surface area contributed by atoms with Gasteiger partial charge in [-0.3, -0.25) is 9.59 Å². The van der Waals surface area contributed by atoms with Crippen molar-refractivity contribution in [2.75, 3.05) is 20.7 Å². The van der Waals surface area contributed by atoms with Crippen LogP contribution in [0, 0.1) is 0 Å². The van der Waals surface area contributed by atoms with E-state index in [0.717, 1.165) is 0 Å². The number of aliphatic hydroxyl groups excluding tert-OH is 1. The molecule has 0 bridgehead atoms. The Hall–Kier alpha value is -1.10. The summed E-state index contributed by atoms with van der Waals surface area (Å²) in [5.74, 6) is -0.616. The number of esters is 1. The van der Waals surface area contributed by atoms with Gasteiger partial charge in [0, 0.05) is 13.5 Å². The van der Waals surface area contributed by atoms with Crippen LogP contribution in [-0.4, -0.2) is 48.7 Å². The third-order valence-corrected chi connectivity index (χ3v) is 1.80. The van der Waals surface area contributed by atoms with Crippen molar-refractivity contribution in [1.82, 2.24) is 4.90 Å².